The van der Waals surface area contributed by atoms with Crippen LogP contribution in [0.2, 0.25) is 0 Å². The number of rotatable bonds is 5. The van der Waals surface area contributed by atoms with E-state index in [0.717, 1.165) is 18.4 Å². The third-order valence-electron chi connectivity index (χ3n) is 4.46. The van der Waals surface area contributed by atoms with Crippen LogP contribution in [0.1, 0.15) is 29.8 Å². The SMILES string of the molecule is CCC1c2ccsc2CCN1S(=O)(=O)c1cc(OC)c(OC)cc1Br. The van der Waals surface area contributed by atoms with E-state index in [4.69, 9.17) is 9.47 Å². The molecule has 2 heterocycles. The van der Waals surface area contributed by atoms with Crippen molar-refractivity contribution in [1.29, 1.82) is 0 Å². The zero-order valence-corrected chi connectivity index (χ0v) is 17.5. The summed E-state index contributed by atoms with van der Waals surface area (Å²) in [6, 6.07) is 5.06. The Bertz CT molecular complexity index is 879. The summed E-state index contributed by atoms with van der Waals surface area (Å²) in [5.41, 5.74) is 1.12. The predicted octanol–water partition coefficient (Wildman–Crippen LogP) is 4.23. The summed E-state index contributed by atoms with van der Waals surface area (Å²) in [6.45, 7) is 2.50. The van der Waals surface area contributed by atoms with Crippen LogP contribution in [0.15, 0.2) is 32.9 Å². The molecule has 1 unspecified atom stereocenters. The van der Waals surface area contributed by atoms with Crippen LogP contribution in [0.5, 0.6) is 11.5 Å². The van der Waals surface area contributed by atoms with Crippen LogP contribution in [0, 0.1) is 0 Å². The molecule has 0 fully saturated rings. The van der Waals surface area contributed by atoms with Crippen LogP contribution in [-0.2, 0) is 16.4 Å². The van der Waals surface area contributed by atoms with E-state index < -0.39 is 10.0 Å². The van der Waals surface area contributed by atoms with Crippen molar-refractivity contribution in [3.8, 4) is 11.5 Å². The highest BCUT2D eigenvalue weighted by molar-refractivity contribution is 9.10. The molecule has 0 bridgehead atoms. The lowest BCUT2D eigenvalue weighted by Crippen LogP contribution is -2.39. The molecule has 1 atom stereocenters. The van der Waals surface area contributed by atoms with Gasteiger partial charge in [0.1, 0.15) is 4.90 Å². The van der Waals surface area contributed by atoms with Crippen molar-refractivity contribution >= 4 is 37.3 Å². The lowest BCUT2D eigenvalue weighted by atomic mass is 10.0. The Morgan fingerprint density at radius 1 is 1.28 bits per heavy atom. The standard InChI is InChI=1S/C17H20BrNO4S2/c1-4-13-11-6-8-24-16(11)5-7-19(13)25(20,21)17-10-15(23-3)14(22-2)9-12(17)18/h6,8-10,13H,4-5,7H2,1-3H3. The molecule has 1 aliphatic rings. The Morgan fingerprint density at radius 2 is 1.96 bits per heavy atom. The summed E-state index contributed by atoms with van der Waals surface area (Å²) >= 11 is 5.08. The minimum Gasteiger partial charge on any atom is -0.493 e. The maximum Gasteiger partial charge on any atom is 0.244 e. The fraction of sp³-hybridized carbons (Fsp3) is 0.412. The zero-order valence-electron chi connectivity index (χ0n) is 14.3. The van der Waals surface area contributed by atoms with Crippen LogP contribution in [0.3, 0.4) is 0 Å². The summed E-state index contributed by atoms with van der Waals surface area (Å²) in [5, 5.41) is 2.04. The second kappa shape index (κ2) is 7.26. The number of ether oxygens (including phenoxy) is 2. The number of sulfonamides is 1. The molecule has 0 amide bonds. The number of methoxy groups -OCH3 is 2. The number of hydrogen-bond donors (Lipinski definition) is 0. The first-order valence-corrected chi connectivity index (χ1v) is 11.0. The first-order valence-electron chi connectivity index (χ1n) is 7.93. The molecular formula is C17H20BrNO4S2. The highest BCUT2D eigenvalue weighted by Crippen LogP contribution is 2.42. The van der Waals surface area contributed by atoms with Gasteiger partial charge in [0.2, 0.25) is 10.0 Å². The van der Waals surface area contributed by atoms with Gasteiger partial charge in [0.25, 0.3) is 0 Å². The summed E-state index contributed by atoms with van der Waals surface area (Å²) < 4.78 is 39.4. The molecule has 1 aromatic heterocycles. The number of halogens is 1. The van der Waals surface area contributed by atoms with Gasteiger partial charge in [-0.05, 0) is 51.8 Å². The van der Waals surface area contributed by atoms with E-state index in [9.17, 15) is 8.42 Å². The number of fused-ring (bicyclic) bond motifs is 1. The maximum atomic E-state index is 13.4. The fourth-order valence-electron chi connectivity index (χ4n) is 3.24. The first-order chi connectivity index (χ1) is 11.9. The van der Waals surface area contributed by atoms with Crippen molar-refractivity contribution in [2.24, 2.45) is 0 Å². The van der Waals surface area contributed by atoms with Crippen LogP contribution in [-0.4, -0.2) is 33.5 Å². The van der Waals surface area contributed by atoms with Crippen molar-refractivity contribution in [3.05, 3.63) is 38.5 Å². The molecule has 0 saturated heterocycles. The monoisotopic (exact) mass is 445 g/mol. The first kappa shape index (κ1) is 18.7. The fourth-order valence-corrected chi connectivity index (χ4v) is 6.85. The number of benzene rings is 1. The molecule has 1 aromatic carbocycles. The highest BCUT2D eigenvalue weighted by atomic mass is 79.9. The largest absolute Gasteiger partial charge is 0.493 e. The molecule has 25 heavy (non-hydrogen) atoms. The molecule has 0 saturated carbocycles. The van der Waals surface area contributed by atoms with Gasteiger partial charge in [-0.2, -0.15) is 4.31 Å². The van der Waals surface area contributed by atoms with Gasteiger partial charge in [0.05, 0.1) is 20.3 Å². The lowest BCUT2D eigenvalue weighted by molar-refractivity contribution is 0.302. The predicted molar refractivity (Wildman–Crippen MR) is 102 cm³/mol. The third-order valence-corrected chi connectivity index (χ3v) is 8.32. The van der Waals surface area contributed by atoms with E-state index >= 15 is 0 Å². The molecule has 2 aromatic rings. The van der Waals surface area contributed by atoms with Gasteiger partial charge in [0, 0.05) is 22.0 Å². The second-order valence-electron chi connectivity index (χ2n) is 5.73. The Morgan fingerprint density at radius 3 is 2.60 bits per heavy atom. The van der Waals surface area contributed by atoms with Gasteiger partial charge in [-0.3, -0.25) is 0 Å². The van der Waals surface area contributed by atoms with Crippen LogP contribution in [0.4, 0.5) is 0 Å². The molecule has 5 nitrogen and oxygen atoms in total. The molecule has 0 N–H and O–H groups in total. The van der Waals surface area contributed by atoms with Gasteiger partial charge in [-0.1, -0.05) is 6.92 Å². The van der Waals surface area contributed by atoms with Crippen molar-refractivity contribution in [2.75, 3.05) is 20.8 Å². The normalized spacial score (nSPS) is 18.0. The van der Waals surface area contributed by atoms with Gasteiger partial charge in [-0.25, -0.2) is 8.42 Å². The maximum absolute atomic E-state index is 13.4. The van der Waals surface area contributed by atoms with Crippen molar-refractivity contribution in [1.82, 2.24) is 4.31 Å². The smallest absolute Gasteiger partial charge is 0.244 e. The van der Waals surface area contributed by atoms with E-state index in [1.165, 1.54) is 25.2 Å². The molecule has 1 aliphatic heterocycles. The van der Waals surface area contributed by atoms with Gasteiger partial charge >= 0.3 is 0 Å². The minimum absolute atomic E-state index is 0.139. The van der Waals surface area contributed by atoms with Crippen LogP contribution in [0.25, 0.3) is 0 Å². The second-order valence-corrected chi connectivity index (χ2v) is 9.44. The number of thiophene rings is 1. The number of nitrogens with zero attached hydrogens (tertiary/aromatic N) is 1. The van der Waals surface area contributed by atoms with Crippen LogP contribution < -0.4 is 9.47 Å². The number of hydrogen-bond acceptors (Lipinski definition) is 5. The average Bonchev–Trinajstić information content (AvgIpc) is 3.08. The summed E-state index contributed by atoms with van der Waals surface area (Å²) in [4.78, 5) is 1.48. The Hall–Kier alpha value is -1.09. The molecule has 0 radical (unpaired) electrons. The highest BCUT2D eigenvalue weighted by Gasteiger charge is 2.37. The van der Waals surface area contributed by atoms with E-state index in [1.807, 2.05) is 18.4 Å². The Kier molecular flexibility index (Phi) is 5.43. The third kappa shape index (κ3) is 3.20. The molecular weight excluding hydrogens is 426 g/mol. The zero-order chi connectivity index (χ0) is 18.2. The summed E-state index contributed by atoms with van der Waals surface area (Å²) in [5.74, 6) is 0.879. The van der Waals surface area contributed by atoms with Crippen molar-refractivity contribution in [3.63, 3.8) is 0 Å². The quantitative estimate of drug-likeness (QED) is 0.690. The molecule has 3 rings (SSSR count). The van der Waals surface area contributed by atoms with E-state index in [1.54, 1.807) is 21.7 Å². The minimum atomic E-state index is -3.68. The molecule has 8 heteroatoms. The molecule has 0 spiro atoms. The van der Waals surface area contributed by atoms with Gasteiger partial charge in [-0.15, -0.1) is 11.3 Å². The van der Waals surface area contributed by atoms with Gasteiger partial charge < -0.3 is 9.47 Å². The van der Waals surface area contributed by atoms with Crippen molar-refractivity contribution < 1.29 is 17.9 Å². The van der Waals surface area contributed by atoms with Crippen molar-refractivity contribution in [2.45, 2.75) is 30.7 Å². The Labute approximate surface area is 160 Å². The Balaban J connectivity index is 2.08. The topological polar surface area (TPSA) is 55.8 Å². The van der Waals surface area contributed by atoms with E-state index in [0.29, 0.717) is 22.5 Å². The van der Waals surface area contributed by atoms with Crippen LogP contribution >= 0.6 is 27.3 Å². The van der Waals surface area contributed by atoms with Gasteiger partial charge in [0.15, 0.2) is 11.5 Å². The molecule has 136 valence electrons. The van der Waals surface area contributed by atoms with E-state index in [2.05, 4.69) is 15.9 Å². The molecule has 0 aliphatic carbocycles. The summed E-state index contributed by atoms with van der Waals surface area (Å²) in [6.07, 6.45) is 1.47. The average molecular weight is 446 g/mol. The van der Waals surface area contributed by atoms with E-state index in [-0.39, 0.29) is 10.9 Å². The summed E-state index contributed by atoms with van der Waals surface area (Å²) in [7, 11) is -0.659. The lowest BCUT2D eigenvalue weighted by Gasteiger charge is -2.34.